The second-order valence-electron chi connectivity index (χ2n) is 8.27. The van der Waals surface area contributed by atoms with E-state index in [1.54, 1.807) is 35.2 Å². The molecule has 0 aliphatic carbocycles. The molecule has 1 aliphatic rings. The highest BCUT2D eigenvalue weighted by atomic mass is 35.5. The van der Waals surface area contributed by atoms with Crippen LogP contribution in [0.4, 0.5) is 5.69 Å². The maximum Gasteiger partial charge on any atom is 0.337 e. The number of aryl methyl sites for hydroxylation is 1. The zero-order chi connectivity index (χ0) is 23.8. The fourth-order valence-corrected chi connectivity index (χ4v) is 5.52. The molecule has 0 spiro atoms. The third-order valence-electron chi connectivity index (χ3n) is 6.05. The van der Waals surface area contributed by atoms with Gasteiger partial charge in [0.2, 0.25) is 5.91 Å². The maximum atomic E-state index is 13.5. The first-order valence-electron chi connectivity index (χ1n) is 11.0. The number of halogens is 1. The van der Waals surface area contributed by atoms with E-state index >= 15 is 0 Å². The number of fused-ring (bicyclic) bond motifs is 1. The SMILES string of the molecule is Cc1cc2c(=O)n(-c3cccc(Cl)c3)c(=O)n(CC(=O)N3CCN(c4ccccc4)CC3)c2s1. The van der Waals surface area contributed by atoms with E-state index in [2.05, 4.69) is 17.0 Å². The van der Waals surface area contributed by atoms with E-state index in [-0.39, 0.29) is 12.5 Å². The Kier molecular flexibility index (Phi) is 6.02. The summed E-state index contributed by atoms with van der Waals surface area (Å²) in [5.74, 6) is -0.140. The zero-order valence-corrected chi connectivity index (χ0v) is 20.2. The van der Waals surface area contributed by atoms with Crippen LogP contribution in [0, 0.1) is 6.92 Å². The lowest BCUT2D eigenvalue weighted by molar-refractivity contribution is -0.132. The summed E-state index contributed by atoms with van der Waals surface area (Å²) in [6.45, 7) is 4.35. The molecule has 0 radical (unpaired) electrons. The van der Waals surface area contributed by atoms with Crippen molar-refractivity contribution in [2.24, 2.45) is 0 Å². The molecule has 5 rings (SSSR count). The van der Waals surface area contributed by atoms with E-state index < -0.39 is 11.2 Å². The van der Waals surface area contributed by atoms with Gasteiger partial charge >= 0.3 is 5.69 Å². The molecule has 0 saturated carbocycles. The van der Waals surface area contributed by atoms with Gasteiger partial charge in [-0.3, -0.25) is 14.2 Å². The number of carbonyl (C=O) groups excluding carboxylic acids is 1. The third-order valence-corrected chi connectivity index (χ3v) is 7.36. The Morgan fingerprint density at radius 2 is 1.65 bits per heavy atom. The van der Waals surface area contributed by atoms with Crippen LogP contribution in [-0.4, -0.2) is 46.1 Å². The van der Waals surface area contributed by atoms with E-state index in [4.69, 9.17) is 11.6 Å². The number of benzene rings is 2. The lowest BCUT2D eigenvalue weighted by Crippen LogP contribution is -2.50. The molecular weight excluding hydrogens is 472 g/mol. The molecular formula is C25H23ClN4O3S. The monoisotopic (exact) mass is 494 g/mol. The fraction of sp³-hybridized carbons (Fsp3) is 0.240. The van der Waals surface area contributed by atoms with Gasteiger partial charge in [0.15, 0.2) is 0 Å². The first-order valence-corrected chi connectivity index (χ1v) is 12.2. The second kappa shape index (κ2) is 9.12. The molecule has 4 aromatic rings. The third kappa shape index (κ3) is 4.15. The van der Waals surface area contributed by atoms with E-state index in [0.717, 1.165) is 28.2 Å². The van der Waals surface area contributed by atoms with E-state index in [1.165, 1.54) is 15.9 Å². The van der Waals surface area contributed by atoms with Gasteiger partial charge in [-0.25, -0.2) is 9.36 Å². The standard InChI is InChI=1S/C25H23ClN4O3S/c1-17-14-21-23(32)30(20-9-5-6-18(26)15-20)25(33)29(24(21)34-17)16-22(31)28-12-10-27(11-13-28)19-7-3-2-4-8-19/h2-9,14-15H,10-13,16H2,1H3. The summed E-state index contributed by atoms with van der Waals surface area (Å²) in [6.07, 6.45) is 0. The molecule has 174 valence electrons. The molecule has 0 unspecified atom stereocenters. The number of amides is 1. The molecule has 9 heteroatoms. The number of carbonyl (C=O) groups is 1. The maximum absolute atomic E-state index is 13.5. The molecule has 1 amide bonds. The van der Waals surface area contributed by atoms with Crippen LogP contribution in [0.5, 0.6) is 0 Å². The molecule has 0 atom stereocenters. The Morgan fingerprint density at radius 1 is 0.941 bits per heavy atom. The number of nitrogens with zero attached hydrogens (tertiary/aromatic N) is 4. The van der Waals surface area contributed by atoms with E-state index in [9.17, 15) is 14.4 Å². The topological polar surface area (TPSA) is 67.5 Å². The van der Waals surface area contributed by atoms with Gasteiger partial charge in [-0.2, -0.15) is 0 Å². The fourth-order valence-electron chi connectivity index (χ4n) is 4.34. The first kappa shape index (κ1) is 22.4. The predicted octanol–water partition coefficient (Wildman–Crippen LogP) is 3.52. The van der Waals surface area contributed by atoms with E-state index in [0.29, 0.717) is 34.0 Å². The van der Waals surface area contributed by atoms with Crippen molar-refractivity contribution in [1.29, 1.82) is 0 Å². The zero-order valence-electron chi connectivity index (χ0n) is 18.6. The van der Waals surface area contributed by atoms with Crippen molar-refractivity contribution in [1.82, 2.24) is 14.0 Å². The number of thiophene rings is 1. The van der Waals surface area contributed by atoms with E-state index in [1.807, 2.05) is 25.1 Å². The minimum absolute atomic E-state index is 0.124. The number of hydrogen-bond acceptors (Lipinski definition) is 5. The molecule has 0 bridgehead atoms. The molecule has 1 saturated heterocycles. The number of hydrogen-bond donors (Lipinski definition) is 0. The van der Waals surface area contributed by atoms with Crippen LogP contribution in [0.3, 0.4) is 0 Å². The Morgan fingerprint density at radius 3 is 2.35 bits per heavy atom. The number of para-hydroxylation sites is 1. The average molecular weight is 495 g/mol. The highest BCUT2D eigenvalue weighted by Crippen LogP contribution is 2.23. The van der Waals surface area contributed by atoms with Crippen LogP contribution in [0.1, 0.15) is 4.88 Å². The van der Waals surface area contributed by atoms with Crippen LogP contribution in [0.15, 0.2) is 70.3 Å². The van der Waals surface area contributed by atoms with Gasteiger partial charge in [0, 0.05) is 41.8 Å². The molecule has 2 aromatic carbocycles. The van der Waals surface area contributed by atoms with Crippen molar-refractivity contribution >= 4 is 44.7 Å². The summed E-state index contributed by atoms with van der Waals surface area (Å²) >= 11 is 7.46. The minimum atomic E-state index is -0.544. The Bertz CT molecular complexity index is 1480. The van der Waals surface area contributed by atoms with Crippen molar-refractivity contribution in [2.45, 2.75) is 13.5 Å². The van der Waals surface area contributed by atoms with Crippen molar-refractivity contribution < 1.29 is 4.79 Å². The highest BCUT2D eigenvalue weighted by Gasteiger charge is 2.24. The Hall–Kier alpha value is -3.36. The summed E-state index contributed by atoms with van der Waals surface area (Å²) in [5, 5.41) is 0.841. The Labute approximate surface area is 205 Å². The van der Waals surface area contributed by atoms with Gasteiger partial charge < -0.3 is 9.80 Å². The predicted molar refractivity (Wildman–Crippen MR) is 137 cm³/mol. The molecule has 7 nitrogen and oxygen atoms in total. The molecule has 34 heavy (non-hydrogen) atoms. The minimum Gasteiger partial charge on any atom is -0.368 e. The average Bonchev–Trinajstić information content (AvgIpc) is 3.24. The lowest BCUT2D eigenvalue weighted by Gasteiger charge is -2.36. The lowest BCUT2D eigenvalue weighted by atomic mass is 10.2. The second-order valence-corrected chi connectivity index (χ2v) is 9.94. The summed E-state index contributed by atoms with van der Waals surface area (Å²) in [6, 6.07) is 18.5. The van der Waals surface area contributed by atoms with Gasteiger partial charge in [0.1, 0.15) is 11.4 Å². The highest BCUT2D eigenvalue weighted by molar-refractivity contribution is 7.18. The normalized spacial score (nSPS) is 14.1. The summed E-state index contributed by atoms with van der Waals surface area (Å²) in [4.78, 5) is 45.4. The Balaban J connectivity index is 1.46. The van der Waals surface area contributed by atoms with Crippen LogP contribution in [0.2, 0.25) is 5.02 Å². The number of aromatic nitrogens is 2. The van der Waals surface area contributed by atoms with Gasteiger partial charge in [0.05, 0.1) is 11.1 Å². The van der Waals surface area contributed by atoms with Crippen molar-refractivity contribution in [3.8, 4) is 5.69 Å². The van der Waals surface area contributed by atoms with Crippen LogP contribution >= 0.6 is 22.9 Å². The van der Waals surface area contributed by atoms with Crippen molar-refractivity contribution in [2.75, 3.05) is 31.1 Å². The number of rotatable bonds is 4. The largest absolute Gasteiger partial charge is 0.368 e. The van der Waals surface area contributed by atoms with Gasteiger partial charge in [-0.15, -0.1) is 11.3 Å². The smallest absolute Gasteiger partial charge is 0.337 e. The molecule has 2 aromatic heterocycles. The molecule has 1 aliphatic heterocycles. The molecule has 3 heterocycles. The van der Waals surface area contributed by atoms with Crippen LogP contribution in [-0.2, 0) is 11.3 Å². The van der Waals surface area contributed by atoms with Crippen molar-refractivity contribution in [3.05, 3.63) is 91.4 Å². The van der Waals surface area contributed by atoms with Crippen molar-refractivity contribution in [3.63, 3.8) is 0 Å². The summed E-state index contributed by atoms with van der Waals surface area (Å²) in [7, 11) is 0. The number of anilines is 1. The van der Waals surface area contributed by atoms with Crippen LogP contribution < -0.4 is 16.1 Å². The van der Waals surface area contributed by atoms with Gasteiger partial charge in [-0.1, -0.05) is 35.9 Å². The first-order chi connectivity index (χ1) is 16.4. The quantitative estimate of drug-likeness (QED) is 0.435. The number of piperazine rings is 1. The summed E-state index contributed by atoms with van der Waals surface area (Å²) in [5.41, 5.74) is 0.561. The summed E-state index contributed by atoms with van der Waals surface area (Å²) < 4.78 is 2.52. The van der Waals surface area contributed by atoms with Gasteiger partial charge in [-0.05, 0) is 43.3 Å². The van der Waals surface area contributed by atoms with Crippen LogP contribution in [0.25, 0.3) is 15.9 Å². The molecule has 1 fully saturated rings. The molecule has 0 N–H and O–H groups in total. The van der Waals surface area contributed by atoms with Gasteiger partial charge in [0.25, 0.3) is 5.56 Å².